The molecule has 7 nitrogen and oxygen atoms in total. The van der Waals surface area contributed by atoms with Crippen LogP contribution >= 0.6 is 0 Å². The second-order valence-electron chi connectivity index (χ2n) is 7.13. The molecule has 0 radical (unpaired) electrons. The maximum absolute atomic E-state index is 13.2. The number of anilines is 1. The summed E-state index contributed by atoms with van der Waals surface area (Å²) in [6, 6.07) is 20.1. The molecule has 7 heteroatoms. The fraction of sp³-hybridized carbons (Fsp3) is 0.120. The van der Waals surface area contributed by atoms with E-state index in [2.05, 4.69) is 5.32 Å². The van der Waals surface area contributed by atoms with Crippen LogP contribution in [-0.2, 0) is 16.1 Å². The maximum Gasteiger partial charge on any atom is 0.338 e. The highest BCUT2D eigenvalue weighted by molar-refractivity contribution is 6.05. The van der Waals surface area contributed by atoms with Gasteiger partial charge in [0.05, 0.1) is 12.2 Å². The van der Waals surface area contributed by atoms with Crippen LogP contribution in [0.15, 0.2) is 82.4 Å². The lowest BCUT2D eigenvalue weighted by Crippen LogP contribution is -2.35. The number of carbonyl (C=O) groups is 2. The molecule has 0 saturated heterocycles. The van der Waals surface area contributed by atoms with Gasteiger partial charge in [-0.2, -0.15) is 0 Å². The number of fused-ring (bicyclic) bond motifs is 3. The van der Waals surface area contributed by atoms with Crippen molar-refractivity contribution >= 4 is 39.1 Å². The zero-order valence-electron chi connectivity index (χ0n) is 17.3. The van der Waals surface area contributed by atoms with Crippen molar-refractivity contribution in [2.75, 3.05) is 11.9 Å². The molecule has 1 N–H and O–H groups in total. The standard InChI is InChI=1S/C25H20N2O5/c1-2-32-25(31)16-11-13-17(14-12-16)26-22(28)15-27-23(29)20-9-5-3-7-18(20)19-8-4-6-10-21(19)24(27)30/h3-14H,2,15H2,1H3,(H,26,28). The first-order valence-corrected chi connectivity index (χ1v) is 10.1. The van der Waals surface area contributed by atoms with E-state index in [0.29, 0.717) is 32.8 Å². The first-order chi connectivity index (χ1) is 15.5. The summed E-state index contributed by atoms with van der Waals surface area (Å²) in [7, 11) is 0. The molecule has 0 aliphatic carbocycles. The number of ether oxygens (including phenoxy) is 1. The van der Waals surface area contributed by atoms with Crippen LogP contribution in [0.4, 0.5) is 5.69 Å². The SMILES string of the molecule is CCOC(=O)c1ccc(NC(=O)Cn2c(=O)c3ccccc3c3ccccc3c2=O)cc1. The monoisotopic (exact) mass is 428 g/mol. The second-order valence-corrected chi connectivity index (χ2v) is 7.13. The van der Waals surface area contributed by atoms with Gasteiger partial charge >= 0.3 is 5.97 Å². The van der Waals surface area contributed by atoms with Gasteiger partial charge in [-0.3, -0.25) is 19.0 Å². The Morgan fingerprint density at radius 1 is 0.781 bits per heavy atom. The second kappa shape index (κ2) is 8.85. The minimum Gasteiger partial charge on any atom is -0.462 e. The first kappa shape index (κ1) is 21.0. The Hall–Kier alpha value is -4.26. The largest absolute Gasteiger partial charge is 0.462 e. The van der Waals surface area contributed by atoms with Crippen LogP contribution in [0, 0.1) is 0 Å². The minimum atomic E-state index is -0.535. The van der Waals surface area contributed by atoms with Crippen molar-refractivity contribution in [2.24, 2.45) is 0 Å². The lowest BCUT2D eigenvalue weighted by molar-refractivity contribution is -0.116. The summed E-state index contributed by atoms with van der Waals surface area (Å²) in [5.41, 5.74) is -0.279. The molecule has 0 saturated carbocycles. The summed E-state index contributed by atoms with van der Waals surface area (Å²) in [6.45, 7) is 1.54. The molecule has 0 unspecified atom stereocenters. The van der Waals surface area contributed by atoms with Crippen molar-refractivity contribution in [1.29, 1.82) is 0 Å². The Morgan fingerprint density at radius 3 is 1.78 bits per heavy atom. The van der Waals surface area contributed by atoms with Crippen molar-refractivity contribution in [3.63, 3.8) is 0 Å². The van der Waals surface area contributed by atoms with E-state index in [1.165, 1.54) is 12.1 Å². The number of esters is 1. The topological polar surface area (TPSA) is 94.5 Å². The molecule has 0 fully saturated rings. The van der Waals surface area contributed by atoms with Crippen molar-refractivity contribution in [1.82, 2.24) is 4.57 Å². The van der Waals surface area contributed by atoms with Gasteiger partial charge in [-0.1, -0.05) is 36.4 Å². The number of hydrogen-bond acceptors (Lipinski definition) is 5. The van der Waals surface area contributed by atoms with E-state index in [1.54, 1.807) is 67.6 Å². The summed E-state index contributed by atoms with van der Waals surface area (Å²) >= 11 is 0. The molecule has 1 amide bonds. The quantitative estimate of drug-likeness (QED) is 0.492. The third-order valence-corrected chi connectivity index (χ3v) is 5.08. The lowest BCUT2D eigenvalue weighted by atomic mass is 10.1. The first-order valence-electron chi connectivity index (χ1n) is 10.1. The number of hydrogen-bond donors (Lipinski definition) is 1. The van der Waals surface area contributed by atoms with Crippen LogP contribution in [0.25, 0.3) is 21.5 Å². The average Bonchev–Trinajstić information content (AvgIpc) is 2.90. The lowest BCUT2D eigenvalue weighted by Gasteiger charge is -2.07. The van der Waals surface area contributed by atoms with Gasteiger partial charge in [0.25, 0.3) is 11.1 Å². The Kier molecular flexibility index (Phi) is 5.81. The zero-order chi connectivity index (χ0) is 22.7. The molecule has 0 aliphatic rings. The summed E-state index contributed by atoms with van der Waals surface area (Å²) in [5.74, 6) is -0.990. The number of nitrogens with zero attached hydrogens (tertiary/aromatic N) is 1. The number of amides is 1. The molecule has 32 heavy (non-hydrogen) atoms. The van der Waals surface area contributed by atoms with Gasteiger partial charge < -0.3 is 10.1 Å². The average molecular weight is 428 g/mol. The maximum atomic E-state index is 13.2. The van der Waals surface area contributed by atoms with E-state index in [1.807, 2.05) is 0 Å². The van der Waals surface area contributed by atoms with Crippen molar-refractivity contribution in [3.8, 4) is 0 Å². The molecule has 160 valence electrons. The fourth-order valence-electron chi connectivity index (χ4n) is 3.58. The smallest absolute Gasteiger partial charge is 0.338 e. The van der Waals surface area contributed by atoms with Crippen LogP contribution in [0.3, 0.4) is 0 Å². The Balaban J connectivity index is 1.70. The molecule has 1 heterocycles. The molecule has 0 aliphatic heterocycles. The molecular weight excluding hydrogens is 408 g/mol. The van der Waals surface area contributed by atoms with Crippen LogP contribution < -0.4 is 16.4 Å². The Bertz CT molecular complexity index is 1380. The third kappa shape index (κ3) is 4.00. The van der Waals surface area contributed by atoms with Gasteiger partial charge in [0.1, 0.15) is 6.54 Å². The number of aromatic nitrogens is 1. The van der Waals surface area contributed by atoms with E-state index in [-0.39, 0.29) is 6.61 Å². The highest BCUT2D eigenvalue weighted by atomic mass is 16.5. The highest BCUT2D eigenvalue weighted by Crippen LogP contribution is 2.19. The van der Waals surface area contributed by atoms with E-state index in [4.69, 9.17) is 4.74 Å². The Morgan fingerprint density at radius 2 is 1.28 bits per heavy atom. The van der Waals surface area contributed by atoms with E-state index >= 15 is 0 Å². The van der Waals surface area contributed by atoms with Gasteiger partial charge in [0, 0.05) is 16.5 Å². The molecule has 1 aromatic heterocycles. The molecule has 0 bridgehead atoms. The van der Waals surface area contributed by atoms with E-state index in [9.17, 15) is 19.2 Å². The zero-order valence-corrected chi connectivity index (χ0v) is 17.3. The van der Waals surface area contributed by atoms with Crippen LogP contribution in [0.1, 0.15) is 17.3 Å². The number of benzene rings is 3. The molecule has 3 aromatic carbocycles. The summed E-state index contributed by atoms with van der Waals surface area (Å²) in [5, 5.41) is 4.68. The van der Waals surface area contributed by atoms with Crippen molar-refractivity contribution in [2.45, 2.75) is 13.5 Å². The van der Waals surface area contributed by atoms with Gasteiger partial charge in [0.15, 0.2) is 0 Å². The van der Waals surface area contributed by atoms with Gasteiger partial charge in [0.2, 0.25) is 5.91 Å². The number of carbonyl (C=O) groups excluding carboxylic acids is 2. The van der Waals surface area contributed by atoms with Crippen LogP contribution in [-0.4, -0.2) is 23.1 Å². The summed E-state index contributed by atoms with van der Waals surface area (Å²) in [6.07, 6.45) is 0. The van der Waals surface area contributed by atoms with Crippen LogP contribution in [0.5, 0.6) is 0 Å². The van der Waals surface area contributed by atoms with Gasteiger partial charge in [-0.25, -0.2) is 4.79 Å². The number of nitrogens with one attached hydrogen (secondary N) is 1. The molecule has 4 aromatic rings. The van der Waals surface area contributed by atoms with Crippen molar-refractivity contribution < 1.29 is 14.3 Å². The third-order valence-electron chi connectivity index (χ3n) is 5.08. The van der Waals surface area contributed by atoms with Crippen molar-refractivity contribution in [3.05, 3.63) is 99.1 Å². The minimum absolute atomic E-state index is 0.265. The molecule has 4 rings (SSSR count). The van der Waals surface area contributed by atoms with Gasteiger partial charge in [-0.15, -0.1) is 0 Å². The highest BCUT2D eigenvalue weighted by Gasteiger charge is 2.14. The summed E-state index contributed by atoms with van der Waals surface area (Å²) < 4.78 is 5.89. The van der Waals surface area contributed by atoms with E-state index in [0.717, 1.165) is 4.57 Å². The fourth-order valence-corrected chi connectivity index (χ4v) is 3.58. The predicted molar refractivity (Wildman–Crippen MR) is 123 cm³/mol. The number of rotatable bonds is 5. The van der Waals surface area contributed by atoms with Gasteiger partial charge in [-0.05, 0) is 54.1 Å². The van der Waals surface area contributed by atoms with Crippen LogP contribution in [0.2, 0.25) is 0 Å². The normalized spacial score (nSPS) is 10.8. The van der Waals surface area contributed by atoms with E-state index < -0.39 is 29.5 Å². The molecular formula is C25H20N2O5. The predicted octanol–water partition coefficient (Wildman–Crippen LogP) is 3.33. The molecule has 0 atom stereocenters. The Labute approximate surface area is 182 Å². The summed E-state index contributed by atoms with van der Waals surface area (Å²) in [4.78, 5) is 50.8. The molecule has 0 spiro atoms.